The molecule has 0 bridgehead atoms. The predicted octanol–water partition coefficient (Wildman–Crippen LogP) is 5.44. The topological polar surface area (TPSA) is 113 Å². The van der Waals surface area contributed by atoms with Crippen LogP contribution in [0.25, 0.3) is 0 Å². The van der Waals surface area contributed by atoms with Gasteiger partial charge in [-0.05, 0) is 48.9 Å². The molecule has 0 aliphatic carbocycles. The van der Waals surface area contributed by atoms with Crippen molar-refractivity contribution in [2.45, 2.75) is 121 Å². The van der Waals surface area contributed by atoms with Crippen molar-refractivity contribution in [3.05, 3.63) is 48.0 Å². The molecule has 44 heavy (non-hydrogen) atoms. The second-order valence-electron chi connectivity index (χ2n) is 11.1. The maximum absolute atomic E-state index is 13.2. The minimum absolute atomic E-state index is 0. The van der Waals surface area contributed by atoms with Crippen LogP contribution >= 0.6 is 0 Å². The minimum Gasteiger partial charge on any atom is -0.744 e. The average Bonchev–Trinajstić information content (AvgIpc) is 2.98. The number of carbonyl (C=O) groups is 2. The first-order chi connectivity index (χ1) is 20.7. The second-order valence-corrected chi connectivity index (χ2v) is 12.5. The predicted molar refractivity (Wildman–Crippen MR) is 170 cm³/mol. The minimum atomic E-state index is -4.80. The molecule has 0 radical (unpaired) electrons. The number of rotatable bonds is 22. The van der Waals surface area contributed by atoms with Crippen LogP contribution < -0.4 is 43.9 Å². The maximum atomic E-state index is 13.2. The molecule has 0 saturated carbocycles. The normalized spacial score (nSPS) is 11.1. The number of unbranched alkanes of at least 4 members (excludes halogenated alkanes) is 15. The fourth-order valence-electron chi connectivity index (χ4n) is 5.09. The van der Waals surface area contributed by atoms with Crippen LogP contribution in [-0.4, -0.2) is 38.5 Å². The smallest absolute Gasteiger partial charge is 0.744 e. The van der Waals surface area contributed by atoms with Crippen LogP contribution in [0.4, 0.5) is 5.69 Å². The van der Waals surface area contributed by atoms with Gasteiger partial charge >= 0.3 is 29.6 Å². The Morgan fingerprint density at radius 1 is 0.750 bits per heavy atom. The first-order valence-electron chi connectivity index (χ1n) is 15.9. The van der Waals surface area contributed by atoms with Gasteiger partial charge in [0.2, 0.25) is 5.91 Å². The van der Waals surface area contributed by atoms with Crippen LogP contribution in [0.5, 0.6) is 11.5 Å². The van der Waals surface area contributed by atoms with Crippen LogP contribution in [0.2, 0.25) is 0 Å². The van der Waals surface area contributed by atoms with Gasteiger partial charge in [-0.2, -0.15) is 0 Å². The van der Waals surface area contributed by atoms with Gasteiger partial charge in [-0.1, -0.05) is 103 Å². The number of methoxy groups -OCH3 is 1. The molecule has 0 aromatic heterocycles. The van der Waals surface area contributed by atoms with Crippen LogP contribution in [0.1, 0.15) is 127 Å². The number of imide groups is 1. The average molecular weight is 640 g/mol. The van der Waals surface area contributed by atoms with Gasteiger partial charge in [0.05, 0.1) is 24.3 Å². The van der Waals surface area contributed by atoms with Crippen molar-refractivity contribution in [2.75, 3.05) is 18.6 Å². The third kappa shape index (κ3) is 14.9. The molecule has 0 fully saturated rings. The van der Waals surface area contributed by atoms with Crippen molar-refractivity contribution in [1.82, 2.24) is 0 Å². The van der Waals surface area contributed by atoms with E-state index in [-0.39, 0.29) is 46.6 Å². The SMILES string of the molecule is CCCCCCCCCCCCCCCCCCOc1ccc(C(=O)N(C(C)=O)c2cc(S(=O)(=O)[O-])ccc2OC)cc1.[Na+]. The van der Waals surface area contributed by atoms with Gasteiger partial charge < -0.3 is 14.0 Å². The van der Waals surface area contributed by atoms with E-state index in [0.717, 1.165) is 29.9 Å². The van der Waals surface area contributed by atoms with Crippen molar-refractivity contribution in [3.8, 4) is 11.5 Å². The third-order valence-corrected chi connectivity index (χ3v) is 8.40. The van der Waals surface area contributed by atoms with Crippen LogP contribution in [-0.2, 0) is 14.9 Å². The molecule has 2 rings (SSSR count). The fourth-order valence-corrected chi connectivity index (χ4v) is 5.58. The molecule has 2 amide bonds. The summed E-state index contributed by atoms with van der Waals surface area (Å²) in [7, 11) is -3.49. The molecule has 0 aliphatic rings. The van der Waals surface area contributed by atoms with E-state index in [1.165, 1.54) is 110 Å². The zero-order valence-electron chi connectivity index (χ0n) is 27.3. The quantitative estimate of drug-likeness (QED) is 0.0958. The van der Waals surface area contributed by atoms with E-state index in [9.17, 15) is 22.6 Å². The molecule has 10 heteroatoms. The van der Waals surface area contributed by atoms with Gasteiger partial charge in [0, 0.05) is 12.5 Å². The molecule has 0 heterocycles. The summed E-state index contributed by atoms with van der Waals surface area (Å²) in [6.45, 7) is 4.02. The Morgan fingerprint density at radius 2 is 1.23 bits per heavy atom. The molecular formula is C34H50NNaO7S. The maximum Gasteiger partial charge on any atom is 1.00 e. The molecule has 8 nitrogen and oxygen atoms in total. The monoisotopic (exact) mass is 639 g/mol. The van der Waals surface area contributed by atoms with E-state index in [1.54, 1.807) is 24.3 Å². The number of anilines is 1. The first-order valence-corrected chi connectivity index (χ1v) is 17.3. The van der Waals surface area contributed by atoms with Crippen molar-refractivity contribution in [3.63, 3.8) is 0 Å². The Kier molecular flexibility index (Phi) is 20.6. The molecule has 0 unspecified atom stereocenters. The Labute approximate surface area is 287 Å². The summed E-state index contributed by atoms with van der Waals surface area (Å²) in [5.41, 5.74) is 0.0724. The van der Waals surface area contributed by atoms with E-state index in [0.29, 0.717) is 12.4 Å². The number of hydrogen-bond donors (Lipinski definition) is 0. The summed E-state index contributed by atoms with van der Waals surface area (Å²) in [4.78, 5) is 25.9. The summed E-state index contributed by atoms with van der Waals surface area (Å²) in [6, 6.07) is 9.68. The summed E-state index contributed by atoms with van der Waals surface area (Å²) in [6.07, 6.45) is 21.0. The standard InChI is InChI=1S/C34H51NO7S.Na/c1-4-5-6-7-8-9-10-11-12-13-14-15-16-17-18-19-26-42-30-22-20-29(21-23-30)34(37)35(28(2)36)32-27-31(43(38,39)40)24-25-33(32)41-3;/h20-25,27H,4-19,26H2,1-3H3,(H,38,39,40);/q;+1/p-1. The molecule has 0 spiro atoms. The zero-order valence-corrected chi connectivity index (χ0v) is 30.1. The summed E-state index contributed by atoms with van der Waals surface area (Å²) in [5.74, 6) is -0.651. The molecule has 0 aliphatic heterocycles. The Morgan fingerprint density at radius 3 is 1.66 bits per heavy atom. The van der Waals surface area contributed by atoms with Gasteiger partial charge in [0.1, 0.15) is 21.6 Å². The molecule has 0 saturated heterocycles. The first kappa shape index (κ1) is 40.1. The number of hydrogen-bond acceptors (Lipinski definition) is 7. The van der Waals surface area contributed by atoms with E-state index in [4.69, 9.17) is 9.47 Å². The number of ether oxygens (including phenoxy) is 2. The van der Waals surface area contributed by atoms with Crippen LogP contribution in [0, 0.1) is 0 Å². The number of amides is 2. The van der Waals surface area contributed by atoms with Crippen molar-refractivity contribution in [1.29, 1.82) is 0 Å². The number of carbonyl (C=O) groups excluding carboxylic acids is 2. The van der Waals surface area contributed by atoms with E-state index >= 15 is 0 Å². The van der Waals surface area contributed by atoms with Crippen molar-refractivity contribution < 1.29 is 61.6 Å². The van der Waals surface area contributed by atoms with Gasteiger partial charge in [-0.15, -0.1) is 0 Å². The van der Waals surface area contributed by atoms with E-state index in [2.05, 4.69) is 6.92 Å². The Hall–Kier alpha value is -1.91. The van der Waals surface area contributed by atoms with Gasteiger partial charge in [-0.25, -0.2) is 13.3 Å². The van der Waals surface area contributed by atoms with Crippen LogP contribution in [0.15, 0.2) is 47.4 Å². The van der Waals surface area contributed by atoms with E-state index < -0.39 is 26.8 Å². The second kappa shape index (κ2) is 22.6. The van der Waals surface area contributed by atoms with E-state index in [1.807, 2.05) is 0 Å². The molecule has 2 aromatic carbocycles. The van der Waals surface area contributed by atoms with Gasteiger partial charge in [0.15, 0.2) is 0 Å². The molecule has 0 atom stereocenters. The molecule has 2 aromatic rings. The largest absolute Gasteiger partial charge is 1.00 e. The molecule has 0 N–H and O–H groups in total. The summed E-state index contributed by atoms with van der Waals surface area (Å²) >= 11 is 0. The Balaban J connectivity index is 0.00000968. The summed E-state index contributed by atoms with van der Waals surface area (Å²) in [5, 5.41) is 0. The van der Waals surface area contributed by atoms with Gasteiger partial charge in [-0.3, -0.25) is 9.59 Å². The zero-order chi connectivity index (χ0) is 31.5. The van der Waals surface area contributed by atoms with Crippen molar-refractivity contribution in [2.24, 2.45) is 0 Å². The Bertz CT molecular complexity index is 1220. The summed E-state index contributed by atoms with van der Waals surface area (Å²) < 4.78 is 45.6. The molecular weight excluding hydrogens is 589 g/mol. The number of benzene rings is 2. The van der Waals surface area contributed by atoms with Crippen LogP contribution in [0.3, 0.4) is 0 Å². The van der Waals surface area contributed by atoms with Crippen molar-refractivity contribution >= 4 is 27.6 Å². The van der Waals surface area contributed by atoms with Gasteiger partial charge in [0.25, 0.3) is 5.91 Å². The fraction of sp³-hybridized carbons (Fsp3) is 0.588. The third-order valence-electron chi connectivity index (χ3n) is 7.57. The number of nitrogens with zero attached hydrogens (tertiary/aromatic N) is 1. The molecule has 240 valence electrons.